The Hall–Kier alpha value is -0.960. The van der Waals surface area contributed by atoms with Crippen LogP contribution >= 0.6 is 0 Å². The molecular formula is C15H28N4O3S. The summed E-state index contributed by atoms with van der Waals surface area (Å²) in [4.78, 5) is 6.45. The van der Waals surface area contributed by atoms with Gasteiger partial charge in [-0.25, -0.2) is 13.4 Å². The van der Waals surface area contributed by atoms with E-state index in [9.17, 15) is 13.5 Å². The number of aryl methyl sites for hydroxylation is 2. The predicted octanol–water partition coefficient (Wildman–Crippen LogP) is 0.442. The van der Waals surface area contributed by atoms with Crippen molar-refractivity contribution in [2.24, 2.45) is 13.0 Å². The van der Waals surface area contributed by atoms with Gasteiger partial charge >= 0.3 is 0 Å². The molecule has 1 aromatic rings. The lowest BCUT2D eigenvalue weighted by Gasteiger charge is -2.41. The monoisotopic (exact) mass is 344 g/mol. The van der Waals surface area contributed by atoms with Crippen molar-refractivity contribution in [3.63, 3.8) is 0 Å². The zero-order valence-electron chi connectivity index (χ0n) is 14.4. The maximum absolute atomic E-state index is 12.8. The Kier molecular flexibility index (Phi) is 5.83. The van der Waals surface area contributed by atoms with Crippen LogP contribution in [-0.2, 0) is 17.1 Å². The minimum Gasteiger partial charge on any atom is -0.396 e. The van der Waals surface area contributed by atoms with Crippen LogP contribution in [0.3, 0.4) is 0 Å². The third-order valence-electron chi connectivity index (χ3n) is 4.32. The molecule has 0 radical (unpaired) electrons. The van der Waals surface area contributed by atoms with E-state index in [0.29, 0.717) is 37.8 Å². The Bertz CT molecular complexity index is 607. The molecule has 8 heteroatoms. The minimum atomic E-state index is -3.57. The van der Waals surface area contributed by atoms with Crippen LogP contribution in [0.2, 0.25) is 0 Å². The lowest BCUT2D eigenvalue weighted by molar-refractivity contribution is 0.0852. The third kappa shape index (κ3) is 4.12. The molecular weight excluding hydrogens is 316 g/mol. The van der Waals surface area contributed by atoms with Crippen LogP contribution in [-0.4, -0.2) is 71.1 Å². The van der Waals surface area contributed by atoms with Crippen LogP contribution < -0.4 is 0 Å². The Balaban J connectivity index is 2.17. The molecule has 1 aliphatic heterocycles. The lowest BCUT2D eigenvalue weighted by Crippen LogP contribution is -2.55. The van der Waals surface area contributed by atoms with Gasteiger partial charge < -0.3 is 9.67 Å². The normalized spacial score (nSPS) is 21.2. The average molecular weight is 344 g/mol. The fourth-order valence-electron chi connectivity index (χ4n) is 3.00. The van der Waals surface area contributed by atoms with Crippen molar-refractivity contribution in [3.8, 4) is 0 Å². The molecule has 0 bridgehead atoms. The summed E-state index contributed by atoms with van der Waals surface area (Å²) in [7, 11) is -1.79. The summed E-state index contributed by atoms with van der Waals surface area (Å²) in [6, 6.07) is 0.0516. The van der Waals surface area contributed by atoms with Crippen LogP contribution in [0.5, 0.6) is 0 Å². The van der Waals surface area contributed by atoms with Crippen molar-refractivity contribution >= 4 is 10.0 Å². The van der Waals surface area contributed by atoms with Crippen molar-refractivity contribution < 1.29 is 13.5 Å². The zero-order valence-corrected chi connectivity index (χ0v) is 15.3. The molecule has 23 heavy (non-hydrogen) atoms. The largest absolute Gasteiger partial charge is 0.396 e. The summed E-state index contributed by atoms with van der Waals surface area (Å²) in [5, 5.41) is 9.41. The molecule has 1 saturated heterocycles. The fourth-order valence-corrected chi connectivity index (χ4v) is 4.49. The molecule has 1 unspecified atom stereocenters. The number of hydrogen-bond donors (Lipinski definition) is 1. The lowest BCUT2D eigenvalue weighted by atomic mass is 10.1. The van der Waals surface area contributed by atoms with Gasteiger partial charge in [0, 0.05) is 52.1 Å². The zero-order chi connectivity index (χ0) is 17.2. The van der Waals surface area contributed by atoms with Gasteiger partial charge in [-0.1, -0.05) is 13.8 Å². The molecule has 0 aliphatic carbocycles. The molecule has 1 aliphatic rings. The highest BCUT2D eigenvalue weighted by Crippen LogP contribution is 2.21. The molecule has 2 rings (SSSR count). The first-order valence-electron chi connectivity index (χ1n) is 8.10. The summed E-state index contributed by atoms with van der Waals surface area (Å²) < 4.78 is 28.8. The van der Waals surface area contributed by atoms with E-state index in [-0.39, 0.29) is 17.7 Å². The number of imidazole rings is 1. The van der Waals surface area contributed by atoms with E-state index in [0.717, 1.165) is 6.54 Å². The summed E-state index contributed by atoms with van der Waals surface area (Å²) in [5.74, 6) is 1.19. The Morgan fingerprint density at radius 3 is 2.61 bits per heavy atom. The minimum absolute atomic E-state index is 0.0516. The number of sulfonamides is 1. The van der Waals surface area contributed by atoms with E-state index in [1.54, 1.807) is 24.7 Å². The van der Waals surface area contributed by atoms with Gasteiger partial charge in [0.05, 0.1) is 0 Å². The molecule has 1 atom stereocenters. The first-order chi connectivity index (χ1) is 10.8. The standard InChI is InChI=1S/C15H28N4O3S/c1-12(2)9-18-6-7-19(10-14(18)5-8-20)23(21,22)15-11-17(4)13(3)16-15/h11-12,14,20H,5-10H2,1-4H3. The van der Waals surface area contributed by atoms with Gasteiger partial charge in [0.15, 0.2) is 5.03 Å². The van der Waals surface area contributed by atoms with Crippen molar-refractivity contribution in [1.82, 2.24) is 18.8 Å². The second kappa shape index (κ2) is 7.29. The molecule has 7 nitrogen and oxygen atoms in total. The van der Waals surface area contributed by atoms with Gasteiger partial charge in [-0.05, 0) is 19.3 Å². The number of piperazine rings is 1. The predicted molar refractivity (Wildman–Crippen MR) is 88.6 cm³/mol. The first kappa shape index (κ1) is 18.4. The average Bonchev–Trinajstić information content (AvgIpc) is 2.81. The molecule has 2 heterocycles. The SMILES string of the molecule is Cc1nc(S(=O)(=O)N2CCN(CC(C)C)C(CCO)C2)cn1C. The fraction of sp³-hybridized carbons (Fsp3) is 0.800. The highest BCUT2D eigenvalue weighted by molar-refractivity contribution is 7.89. The smallest absolute Gasteiger partial charge is 0.262 e. The van der Waals surface area contributed by atoms with E-state index in [1.807, 2.05) is 0 Å². The summed E-state index contributed by atoms with van der Waals surface area (Å²) in [6.07, 6.45) is 2.15. The number of rotatable bonds is 6. The van der Waals surface area contributed by atoms with E-state index >= 15 is 0 Å². The molecule has 1 aromatic heterocycles. The van der Waals surface area contributed by atoms with Gasteiger partial charge in [-0.2, -0.15) is 4.31 Å². The summed E-state index contributed by atoms with van der Waals surface area (Å²) >= 11 is 0. The number of aromatic nitrogens is 2. The summed E-state index contributed by atoms with van der Waals surface area (Å²) in [6.45, 7) is 8.63. The third-order valence-corrected chi connectivity index (χ3v) is 6.06. The van der Waals surface area contributed by atoms with Crippen LogP contribution in [0, 0.1) is 12.8 Å². The molecule has 1 fully saturated rings. The second-order valence-corrected chi connectivity index (χ2v) is 8.54. The molecule has 0 saturated carbocycles. The highest BCUT2D eigenvalue weighted by Gasteiger charge is 2.35. The Morgan fingerprint density at radius 1 is 1.39 bits per heavy atom. The molecule has 0 spiro atoms. The maximum Gasteiger partial charge on any atom is 0.262 e. The van der Waals surface area contributed by atoms with Crippen molar-refractivity contribution in [3.05, 3.63) is 12.0 Å². The summed E-state index contributed by atoms with van der Waals surface area (Å²) in [5.41, 5.74) is 0. The molecule has 0 aromatic carbocycles. The van der Waals surface area contributed by atoms with Gasteiger partial charge in [-0.15, -0.1) is 0 Å². The van der Waals surface area contributed by atoms with Gasteiger partial charge in [0.2, 0.25) is 0 Å². The van der Waals surface area contributed by atoms with Gasteiger partial charge in [0.25, 0.3) is 10.0 Å². The number of aliphatic hydroxyl groups excluding tert-OH is 1. The van der Waals surface area contributed by atoms with Crippen molar-refractivity contribution in [1.29, 1.82) is 0 Å². The molecule has 0 amide bonds. The maximum atomic E-state index is 12.8. The Morgan fingerprint density at radius 2 is 2.09 bits per heavy atom. The van der Waals surface area contributed by atoms with E-state index in [1.165, 1.54) is 4.31 Å². The highest BCUT2D eigenvalue weighted by atomic mass is 32.2. The van der Waals surface area contributed by atoms with Crippen molar-refractivity contribution in [2.45, 2.75) is 38.3 Å². The number of nitrogens with zero attached hydrogens (tertiary/aromatic N) is 4. The van der Waals surface area contributed by atoms with Crippen LogP contribution in [0.25, 0.3) is 0 Å². The first-order valence-corrected chi connectivity index (χ1v) is 9.54. The quantitative estimate of drug-likeness (QED) is 0.810. The topological polar surface area (TPSA) is 78.7 Å². The molecule has 1 N–H and O–H groups in total. The van der Waals surface area contributed by atoms with Gasteiger partial charge in [0.1, 0.15) is 5.82 Å². The number of hydrogen-bond acceptors (Lipinski definition) is 5. The van der Waals surface area contributed by atoms with Gasteiger partial charge in [-0.3, -0.25) is 4.90 Å². The molecule has 132 valence electrons. The van der Waals surface area contributed by atoms with Crippen LogP contribution in [0.15, 0.2) is 11.2 Å². The van der Waals surface area contributed by atoms with Crippen LogP contribution in [0.1, 0.15) is 26.1 Å². The van der Waals surface area contributed by atoms with E-state index in [2.05, 4.69) is 23.7 Å². The van der Waals surface area contributed by atoms with E-state index < -0.39 is 10.0 Å². The second-order valence-electron chi connectivity index (χ2n) is 6.66. The Labute approximate surface area is 139 Å². The van der Waals surface area contributed by atoms with Crippen molar-refractivity contribution in [2.75, 3.05) is 32.8 Å². The van der Waals surface area contributed by atoms with Crippen LogP contribution in [0.4, 0.5) is 0 Å². The number of aliphatic hydroxyl groups is 1. The van der Waals surface area contributed by atoms with E-state index in [4.69, 9.17) is 0 Å².